The number of benzene rings is 1. The van der Waals surface area contributed by atoms with E-state index in [2.05, 4.69) is 9.97 Å². The molecule has 7 heteroatoms. The van der Waals surface area contributed by atoms with Crippen molar-refractivity contribution in [3.63, 3.8) is 0 Å². The second-order valence-corrected chi connectivity index (χ2v) is 7.11. The highest BCUT2D eigenvalue weighted by atomic mass is 32.1. The predicted octanol–water partition coefficient (Wildman–Crippen LogP) is 4.85. The Labute approximate surface area is 170 Å². The fourth-order valence-electron chi connectivity index (χ4n) is 3.03. The highest BCUT2D eigenvalue weighted by Gasteiger charge is 2.20. The lowest BCUT2D eigenvalue weighted by Gasteiger charge is -2.09. The second kappa shape index (κ2) is 7.29. The maximum Gasteiger partial charge on any atom is 0.386 e. The number of hydrogen-bond acceptors (Lipinski definition) is 6. The second-order valence-electron chi connectivity index (χ2n) is 6.26. The first-order valence-corrected chi connectivity index (χ1v) is 9.78. The van der Waals surface area contributed by atoms with Gasteiger partial charge in [-0.1, -0.05) is 30.3 Å². The molecule has 0 N–H and O–H groups in total. The van der Waals surface area contributed by atoms with Crippen LogP contribution in [0.3, 0.4) is 0 Å². The average Bonchev–Trinajstić information content (AvgIpc) is 3.21. The Balaban J connectivity index is 1.74. The summed E-state index contributed by atoms with van der Waals surface area (Å²) in [7, 11) is 0. The largest absolute Gasteiger partial charge is 0.616 e. The summed E-state index contributed by atoms with van der Waals surface area (Å²) in [4.78, 5) is 14.3. The minimum absolute atomic E-state index is 0.148. The molecule has 6 nitrogen and oxygen atoms in total. The first-order chi connectivity index (χ1) is 14.3. The molecule has 0 aliphatic rings. The molecule has 0 aliphatic heterocycles. The number of aromatic nitrogens is 4. The monoisotopic (exact) mass is 398 g/mol. The Bertz CT molecular complexity index is 1290. The van der Waals surface area contributed by atoms with Gasteiger partial charge in [0.2, 0.25) is 5.88 Å². The molecule has 0 spiro atoms. The number of rotatable bonds is 4. The Kier molecular flexibility index (Phi) is 4.34. The predicted molar refractivity (Wildman–Crippen MR) is 112 cm³/mol. The zero-order valence-corrected chi connectivity index (χ0v) is 15.9. The molecule has 4 aromatic heterocycles. The summed E-state index contributed by atoms with van der Waals surface area (Å²) >= 11 is 1.51. The van der Waals surface area contributed by atoms with Crippen LogP contribution < -0.4 is 9.47 Å². The molecular formula is C22H14N4O2S. The smallest absolute Gasteiger partial charge is 0.386 e. The molecule has 0 amide bonds. The van der Waals surface area contributed by atoms with E-state index in [1.165, 1.54) is 17.5 Å². The number of hydrogen-bond donors (Lipinski definition) is 0. The molecule has 0 saturated carbocycles. The minimum atomic E-state index is 0.148. The lowest BCUT2D eigenvalue weighted by Crippen LogP contribution is -2.27. The molecule has 0 atom stereocenters. The normalized spacial score (nSPS) is 10.9. The topological polar surface area (TPSA) is 74.8 Å². The Morgan fingerprint density at radius 1 is 0.897 bits per heavy atom. The van der Waals surface area contributed by atoms with Crippen LogP contribution in [-0.2, 0) is 0 Å². The maximum atomic E-state index is 12.1. The van der Waals surface area contributed by atoms with E-state index in [1.807, 2.05) is 47.8 Å². The Hall–Kier alpha value is -3.84. The van der Waals surface area contributed by atoms with E-state index in [4.69, 9.17) is 9.72 Å². The first-order valence-electron chi connectivity index (χ1n) is 8.91. The van der Waals surface area contributed by atoms with Gasteiger partial charge < -0.3 is 9.94 Å². The van der Waals surface area contributed by atoms with Crippen molar-refractivity contribution in [2.24, 2.45) is 0 Å². The van der Waals surface area contributed by atoms with E-state index >= 15 is 0 Å². The molecule has 0 aliphatic carbocycles. The summed E-state index contributed by atoms with van der Waals surface area (Å²) in [6.07, 6.45) is 4.79. The van der Waals surface area contributed by atoms with Gasteiger partial charge in [0.25, 0.3) is 0 Å². The van der Waals surface area contributed by atoms with Crippen LogP contribution in [-0.4, -0.2) is 15.0 Å². The summed E-state index contributed by atoms with van der Waals surface area (Å²) in [5.74, 6) is 0.982. The van der Waals surface area contributed by atoms with E-state index in [0.717, 1.165) is 26.9 Å². The van der Waals surface area contributed by atoms with E-state index in [0.29, 0.717) is 16.4 Å². The molecule has 0 unspecified atom stereocenters. The molecule has 140 valence electrons. The molecule has 29 heavy (non-hydrogen) atoms. The van der Waals surface area contributed by atoms with Crippen molar-refractivity contribution in [2.45, 2.75) is 0 Å². The number of pyridine rings is 2. The average molecular weight is 398 g/mol. The van der Waals surface area contributed by atoms with Gasteiger partial charge in [-0.2, -0.15) is 4.98 Å². The number of nitrogens with zero attached hydrogens (tertiary/aromatic N) is 4. The van der Waals surface area contributed by atoms with Crippen LogP contribution in [0, 0.1) is 5.21 Å². The third-order valence-electron chi connectivity index (χ3n) is 4.39. The van der Waals surface area contributed by atoms with Gasteiger partial charge in [-0.25, -0.2) is 4.98 Å². The zero-order valence-electron chi connectivity index (χ0n) is 15.1. The SMILES string of the molecule is [O-][n+]1ccccc1Oc1nc(-c2cccnc2)nc2scc(-c3ccccc3)c12. The summed E-state index contributed by atoms with van der Waals surface area (Å²) in [5, 5.41) is 15.0. The van der Waals surface area contributed by atoms with Gasteiger partial charge in [-0.3, -0.25) is 4.98 Å². The van der Waals surface area contributed by atoms with E-state index in [-0.39, 0.29) is 5.88 Å². The third kappa shape index (κ3) is 3.28. The van der Waals surface area contributed by atoms with Gasteiger partial charge in [0.15, 0.2) is 12.0 Å². The Morgan fingerprint density at radius 3 is 2.52 bits per heavy atom. The first kappa shape index (κ1) is 17.3. The molecular weight excluding hydrogens is 384 g/mol. The van der Waals surface area contributed by atoms with Crippen LogP contribution in [0.15, 0.2) is 84.6 Å². The van der Waals surface area contributed by atoms with E-state index < -0.39 is 0 Å². The van der Waals surface area contributed by atoms with Crippen LogP contribution in [0.1, 0.15) is 0 Å². The van der Waals surface area contributed by atoms with Crippen molar-refractivity contribution in [3.05, 3.63) is 89.8 Å². The number of thiophene rings is 1. The van der Waals surface area contributed by atoms with Gasteiger partial charge in [0, 0.05) is 35.0 Å². The Morgan fingerprint density at radius 2 is 1.72 bits per heavy atom. The fraction of sp³-hybridized carbons (Fsp3) is 0. The molecule has 0 bridgehead atoms. The van der Waals surface area contributed by atoms with Gasteiger partial charge in [-0.05, 0) is 23.8 Å². The maximum absolute atomic E-state index is 12.1. The molecule has 0 saturated heterocycles. The van der Waals surface area contributed by atoms with Crippen LogP contribution in [0.25, 0.3) is 32.7 Å². The van der Waals surface area contributed by atoms with Gasteiger partial charge in [-0.15, -0.1) is 16.1 Å². The lowest BCUT2D eigenvalue weighted by molar-refractivity contribution is -0.611. The van der Waals surface area contributed by atoms with Crippen LogP contribution in [0.4, 0.5) is 0 Å². The molecule has 1 aromatic carbocycles. The standard InChI is InChI=1S/C22H14N4O2S/c27-26-12-5-4-10-18(26)28-21-19-17(15-7-2-1-3-8-15)14-29-22(19)25-20(24-21)16-9-6-11-23-13-16/h1-14H. The van der Waals surface area contributed by atoms with Crippen molar-refractivity contribution in [3.8, 4) is 34.3 Å². The summed E-state index contributed by atoms with van der Waals surface area (Å²) in [6, 6.07) is 18.7. The lowest BCUT2D eigenvalue weighted by atomic mass is 10.1. The number of fused-ring (bicyclic) bond motifs is 1. The van der Waals surface area contributed by atoms with Crippen molar-refractivity contribution in [1.82, 2.24) is 15.0 Å². The van der Waals surface area contributed by atoms with Crippen LogP contribution in [0.5, 0.6) is 11.8 Å². The molecule has 5 aromatic rings. The highest BCUT2D eigenvalue weighted by molar-refractivity contribution is 7.17. The summed E-state index contributed by atoms with van der Waals surface area (Å²) in [5.41, 5.74) is 2.77. The molecule has 0 fully saturated rings. The zero-order chi connectivity index (χ0) is 19.6. The highest BCUT2D eigenvalue weighted by Crippen LogP contribution is 2.40. The third-order valence-corrected chi connectivity index (χ3v) is 5.27. The van der Waals surface area contributed by atoms with Crippen molar-refractivity contribution in [1.29, 1.82) is 0 Å². The van der Waals surface area contributed by atoms with E-state index in [9.17, 15) is 5.21 Å². The van der Waals surface area contributed by atoms with Crippen LogP contribution in [0.2, 0.25) is 0 Å². The molecule has 0 radical (unpaired) electrons. The van der Waals surface area contributed by atoms with E-state index in [1.54, 1.807) is 30.6 Å². The van der Waals surface area contributed by atoms with Crippen molar-refractivity contribution < 1.29 is 9.47 Å². The minimum Gasteiger partial charge on any atom is -0.616 e. The van der Waals surface area contributed by atoms with Gasteiger partial charge in [0.1, 0.15) is 4.83 Å². The summed E-state index contributed by atoms with van der Waals surface area (Å²) in [6.45, 7) is 0. The van der Waals surface area contributed by atoms with Crippen molar-refractivity contribution in [2.75, 3.05) is 0 Å². The van der Waals surface area contributed by atoms with Crippen molar-refractivity contribution >= 4 is 21.6 Å². The molecule has 5 rings (SSSR count). The van der Waals surface area contributed by atoms with Gasteiger partial charge in [0.05, 0.1) is 11.5 Å². The fourth-order valence-corrected chi connectivity index (χ4v) is 3.97. The van der Waals surface area contributed by atoms with Crippen LogP contribution >= 0.6 is 11.3 Å². The molecule has 4 heterocycles. The van der Waals surface area contributed by atoms with Gasteiger partial charge >= 0.3 is 5.88 Å². The quantitative estimate of drug-likeness (QED) is 0.320. The summed E-state index contributed by atoms with van der Waals surface area (Å²) < 4.78 is 6.66. The number of ether oxygens (including phenoxy) is 1.